The van der Waals surface area contributed by atoms with Gasteiger partial charge in [-0.2, -0.15) is 0 Å². The molecule has 0 spiro atoms. The number of thioether (sulfide) groups is 1. The maximum atomic E-state index is 12.3. The lowest BCUT2D eigenvalue weighted by atomic mass is 10.2. The summed E-state index contributed by atoms with van der Waals surface area (Å²) in [4.78, 5) is 19.8. The summed E-state index contributed by atoms with van der Waals surface area (Å²) in [5.74, 6) is 3.16. The van der Waals surface area contributed by atoms with Crippen LogP contribution in [-0.4, -0.2) is 31.8 Å². The first-order chi connectivity index (χ1) is 14.5. The largest absolute Gasteiger partial charge is 0.497 e. The molecule has 0 saturated heterocycles. The zero-order chi connectivity index (χ0) is 21.1. The molecule has 154 valence electrons. The molecular weight excluding hydrogens is 398 g/mol. The summed E-state index contributed by atoms with van der Waals surface area (Å²) in [6.07, 6.45) is 0. The Morgan fingerprint density at radius 2 is 1.87 bits per heavy atom. The maximum Gasteiger partial charge on any atom is 0.258 e. The number of hydrogen-bond donors (Lipinski definition) is 1. The van der Waals surface area contributed by atoms with Gasteiger partial charge in [0.2, 0.25) is 0 Å². The Kier molecular flexibility index (Phi) is 5.85. The molecule has 0 amide bonds. The topological polar surface area (TPSA) is 85.7 Å². The average molecular weight is 422 g/mol. The summed E-state index contributed by atoms with van der Waals surface area (Å²) in [7, 11) is 1.65. The normalized spacial score (nSPS) is 11.3. The second kappa shape index (κ2) is 8.71. The Morgan fingerprint density at radius 1 is 1.10 bits per heavy atom. The minimum absolute atomic E-state index is 0.126. The fourth-order valence-electron chi connectivity index (χ4n) is 3.21. The Hall–Kier alpha value is -3.13. The monoisotopic (exact) mass is 421 g/mol. The van der Waals surface area contributed by atoms with Gasteiger partial charge in [0.1, 0.15) is 11.6 Å². The second-order valence-electron chi connectivity index (χ2n) is 7.36. The first-order valence-corrected chi connectivity index (χ1v) is 10.7. The van der Waals surface area contributed by atoms with Gasteiger partial charge in [0.25, 0.3) is 5.56 Å². The Balaban J connectivity index is 1.62. The average Bonchev–Trinajstić information content (AvgIpc) is 3.14. The van der Waals surface area contributed by atoms with E-state index in [-0.39, 0.29) is 5.56 Å². The Morgan fingerprint density at radius 3 is 2.60 bits per heavy atom. The zero-order valence-corrected chi connectivity index (χ0v) is 17.9. The summed E-state index contributed by atoms with van der Waals surface area (Å²) in [5, 5.41) is 10.2. The van der Waals surface area contributed by atoms with Crippen LogP contribution in [0.25, 0.3) is 22.3 Å². The lowest BCUT2D eigenvalue weighted by molar-refractivity contribution is 0.415. The molecule has 2 aromatic heterocycles. The van der Waals surface area contributed by atoms with E-state index in [0.29, 0.717) is 28.4 Å². The number of hydrogen-bond acceptors (Lipinski definition) is 6. The number of benzene rings is 2. The summed E-state index contributed by atoms with van der Waals surface area (Å²) in [6, 6.07) is 15.1. The minimum atomic E-state index is -0.126. The standard InChI is InChI=1S/C22H23N5O2S/c1-14(2)12-27-20(15-8-10-16(29-3)11-9-15)25-26-22(27)30-13-19-23-18-7-5-4-6-17(18)21(28)24-19/h4-11,14H,12-13H2,1-3H3,(H,23,24,28). The maximum absolute atomic E-state index is 12.3. The molecule has 0 unspecified atom stereocenters. The van der Waals surface area contributed by atoms with E-state index >= 15 is 0 Å². The van der Waals surface area contributed by atoms with Crippen molar-refractivity contribution in [1.82, 2.24) is 24.7 Å². The fourth-order valence-corrected chi connectivity index (χ4v) is 4.03. The van der Waals surface area contributed by atoms with E-state index in [2.05, 4.69) is 38.6 Å². The van der Waals surface area contributed by atoms with Crippen LogP contribution in [0.3, 0.4) is 0 Å². The Bertz CT molecular complexity index is 1210. The van der Waals surface area contributed by atoms with Crippen LogP contribution in [0.15, 0.2) is 58.5 Å². The van der Waals surface area contributed by atoms with Crippen molar-refractivity contribution in [2.45, 2.75) is 31.3 Å². The van der Waals surface area contributed by atoms with Crippen molar-refractivity contribution in [3.63, 3.8) is 0 Å². The highest BCUT2D eigenvalue weighted by Gasteiger charge is 2.16. The quantitative estimate of drug-likeness (QED) is 0.452. The van der Waals surface area contributed by atoms with Crippen molar-refractivity contribution in [3.8, 4) is 17.1 Å². The molecule has 0 saturated carbocycles. The number of aromatic nitrogens is 5. The molecule has 0 bridgehead atoms. The van der Waals surface area contributed by atoms with Gasteiger partial charge in [0, 0.05) is 12.1 Å². The number of para-hydroxylation sites is 1. The van der Waals surface area contributed by atoms with Crippen LogP contribution in [0.4, 0.5) is 0 Å². The molecule has 4 rings (SSSR count). The molecule has 1 N–H and O–H groups in total. The van der Waals surface area contributed by atoms with Crippen molar-refractivity contribution in [3.05, 3.63) is 64.7 Å². The third-order valence-electron chi connectivity index (χ3n) is 4.61. The molecule has 2 aromatic carbocycles. The van der Waals surface area contributed by atoms with Crippen molar-refractivity contribution in [2.75, 3.05) is 7.11 Å². The first-order valence-electron chi connectivity index (χ1n) is 9.73. The molecule has 7 nitrogen and oxygen atoms in total. The van der Waals surface area contributed by atoms with Gasteiger partial charge in [-0.25, -0.2) is 4.98 Å². The third-order valence-corrected chi connectivity index (χ3v) is 5.59. The van der Waals surface area contributed by atoms with E-state index in [1.807, 2.05) is 42.5 Å². The van der Waals surface area contributed by atoms with E-state index in [9.17, 15) is 4.79 Å². The van der Waals surface area contributed by atoms with Gasteiger partial charge in [-0.15, -0.1) is 10.2 Å². The van der Waals surface area contributed by atoms with E-state index in [4.69, 9.17) is 4.74 Å². The lowest BCUT2D eigenvalue weighted by Crippen LogP contribution is -2.11. The van der Waals surface area contributed by atoms with Crippen molar-refractivity contribution >= 4 is 22.7 Å². The Labute approximate surface area is 178 Å². The van der Waals surface area contributed by atoms with Gasteiger partial charge < -0.3 is 14.3 Å². The number of nitrogens with one attached hydrogen (secondary N) is 1. The molecule has 0 aliphatic heterocycles. The molecule has 30 heavy (non-hydrogen) atoms. The van der Waals surface area contributed by atoms with Crippen LogP contribution in [0.2, 0.25) is 0 Å². The van der Waals surface area contributed by atoms with Gasteiger partial charge in [0.05, 0.1) is 23.8 Å². The van der Waals surface area contributed by atoms with Gasteiger partial charge in [-0.05, 0) is 42.3 Å². The SMILES string of the molecule is COc1ccc(-c2nnc(SCc3nc4ccccc4c(=O)[nH]3)n2CC(C)C)cc1. The lowest BCUT2D eigenvalue weighted by Gasteiger charge is -2.12. The van der Waals surface area contributed by atoms with Crippen LogP contribution < -0.4 is 10.3 Å². The predicted molar refractivity (Wildman–Crippen MR) is 119 cm³/mol. The molecule has 0 radical (unpaired) electrons. The molecule has 0 fully saturated rings. The zero-order valence-electron chi connectivity index (χ0n) is 17.1. The number of aromatic amines is 1. The fraction of sp³-hybridized carbons (Fsp3) is 0.273. The van der Waals surface area contributed by atoms with Gasteiger partial charge >= 0.3 is 0 Å². The molecule has 0 atom stereocenters. The number of nitrogens with zero attached hydrogens (tertiary/aromatic N) is 4. The van der Waals surface area contributed by atoms with E-state index in [0.717, 1.165) is 28.8 Å². The number of fused-ring (bicyclic) bond motifs is 1. The molecule has 4 aromatic rings. The molecule has 2 heterocycles. The first kappa shape index (κ1) is 20.2. The van der Waals surface area contributed by atoms with Crippen LogP contribution in [0.1, 0.15) is 19.7 Å². The minimum Gasteiger partial charge on any atom is -0.497 e. The van der Waals surface area contributed by atoms with Crippen LogP contribution in [0, 0.1) is 5.92 Å². The number of H-pyrrole nitrogens is 1. The molecular formula is C22H23N5O2S. The number of methoxy groups -OCH3 is 1. The van der Waals surface area contributed by atoms with Crippen LogP contribution in [0.5, 0.6) is 5.75 Å². The van der Waals surface area contributed by atoms with E-state index in [1.165, 1.54) is 11.8 Å². The van der Waals surface area contributed by atoms with Crippen molar-refractivity contribution < 1.29 is 4.74 Å². The van der Waals surface area contributed by atoms with E-state index < -0.39 is 0 Å². The van der Waals surface area contributed by atoms with Gasteiger partial charge in [-0.1, -0.05) is 37.7 Å². The van der Waals surface area contributed by atoms with Crippen LogP contribution in [-0.2, 0) is 12.3 Å². The van der Waals surface area contributed by atoms with Gasteiger partial charge in [-0.3, -0.25) is 4.79 Å². The summed E-state index contributed by atoms with van der Waals surface area (Å²) in [6.45, 7) is 5.11. The molecule has 0 aliphatic carbocycles. The smallest absolute Gasteiger partial charge is 0.258 e. The van der Waals surface area contributed by atoms with Gasteiger partial charge in [0.15, 0.2) is 11.0 Å². The highest BCUT2D eigenvalue weighted by molar-refractivity contribution is 7.98. The predicted octanol–water partition coefficient (Wildman–Crippen LogP) is 4.14. The molecule has 0 aliphatic rings. The van der Waals surface area contributed by atoms with Crippen molar-refractivity contribution in [1.29, 1.82) is 0 Å². The summed E-state index contributed by atoms with van der Waals surface area (Å²) < 4.78 is 7.37. The second-order valence-corrected chi connectivity index (χ2v) is 8.30. The highest BCUT2D eigenvalue weighted by atomic mass is 32.2. The third kappa shape index (κ3) is 4.23. The van der Waals surface area contributed by atoms with E-state index in [1.54, 1.807) is 13.2 Å². The number of rotatable bonds is 7. The summed E-state index contributed by atoms with van der Waals surface area (Å²) in [5.41, 5.74) is 1.55. The number of ether oxygens (including phenoxy) is 1. The van der Waals surface area contributed by atoms with Crippen LogP contribution >= 0.6 is 11.8 Å². The molecule has 8 heteroatoms. The van der Waals surface area contributed by atoms with Crippen molar-refractivity contribution in [2.24, 2.45) is 5.92 Å². The summed E-state index contributed by atoms with van der Waals surface area (Å²) >= 11 is 1.51. The highest BCUT2D eigenvalue weighted by Crippen LogP contribution is 2.28.